The molecule has 0 N–H and O–H groups in total. The molecular formula is C19H30O2. The molecule has 0 heterocycles. The standard InChI is InChI=1S/C19H30O2/c1-3-5-7-8-9-14-18(13-6-4-2)21-19-15-11-10-12-17(19)16-20/h10-12,15-16,18H,3-9,13-14H2,1-2H3. The highest BCUT2D eigenvalue weighted by atomic mass is 16.5. The first-order valence-corrected chi connectivity index (χ1v) is 8.52. The predicted molar refractivity (Wildman–Crippen MR) is 89.1 cm³/mol. The maximum atomic E-state index is 11.1. The molecule has 0 spiro atoms. The van der Waals surface area contributed by atoms with Gasteiger partial charge in [-0.1, -0.05) is 64.5 Å². The molecule has 118 valence electrons. The van der Waals surface area contributed by atoms with Crippen molar-refractivity contribution in [1.82, 2.24) is 0 Å². The van der Waals surface area contributed by atoms with E-state index in [1.807, 2.05) is 24.3 Å². The number of unbranched alkanes of at least 4 members (excludes halogenated alkanes) is 5. The van der Waals surface area contributed by atoms with E-state index in [1.54, 1.807) is 0 Å². The van der Waals surface area contributed by atoms with E-state index in [0.29, 0.717) is 5.56 Å². The zero-order valence-corrected chi connectivity index (χ0v) is 13.6. The average molecular weight is 290 g/mol. The Morgan fingerprint density at radius 1 is 0.952 bits per heavy atom. The van der Waals surface area contributed by atoms with Crippen molar-refractivity contribution in [3.05, 3.63) is 29.8 Å². The molecule has 0 bridgehead atoms. The number of hydrogen-bond donors (Lipinski definition) is 0. The number of rotatable bonds is 12. The van der Waals surface area contributed by atoms with Crippen molar-refractivity contribution in [1.29, 1.82) is 0 Å². The molecule has 0 saturated carbocycles. The Labute approximate surface area is 129 Å². The average Bonchev–Trinajstić information content (AvgIpc) is 2.52. The van der Waals surface area contributed by atoms with Crippen LogP contribution in [0.25, 0.3) is 0 Å². The molecule has 1 atom stereocenters. The van der Waals surface area contributed by atoms with E-state index in [9.17, 15) is 4.79 Å². The summed E-state index contributed by atoms with van der Waals surface area (Å²) >= 11 is 0. The molecule has 0 radical (unpaired) electrons. The highest BCUT2D eigenvalue weighted by Crippen LogP contribution is 2.22. The summed E-state index contributed by atoms with van der Waals surface area (Å²) in [6.07, 6.45) is 12.1. The number of ether oxygens (including phenoxy) is 1. The van der Waals surface area contributed by atoms with Crippen molar-refractivity contribution in [2.45, 2.75) is 77.7 Å². The lowest BCUT2D eigenvalue weighted by atomic mass is 10.0. The van der Waals surface area contributed by atoms with E-state index in [2.05, 4.69) is 13.8 Å². The first-order valence-electron chi connectivity index (χ1n) is 8.52. The lowest BCUT2D eigenvalue weighted by Crippen LogP contribution is -2.17. The van der Waals surface area contributed by atoms with Crippen LogP contribution in [0.3, 0.4) is 0 Å². The Morgan fingerprint density at radius 3 is 2.33 bits per heavy atom. The number of carbonyl (C=O) groups is 1. The Kier molecular flexibility index (Phi) is 9.60. The van der Waals surface area contributed by atoms with Crippen LogP contribution in [0.2, 0.25) is 0 Å². The minimum atomic E-state index is 0.243. The van der Waals surface area contributed by atoms with Crippen LogP contribution >= 0.6 is 0 Å². The van der Waals surface area contributed by atoms with Crippen LogP contribution in [0.5, 0.6) is 5.75 Å². The predicted octanol–water partition coefficient (Wildman–Crippen LogP) is 5.80. The molecule has 1 aromatic rings. The maximum Gasteiger partial charge on any atom is 0.153 e. The maximum absolute atomic E-state index is 11.1. The summed E-state index contributed by atoms with van der Waals surface area (Å²) in [5, 5.41) is 0. The summed E-state index contributed by atoms with van der Waals surface area (Å²) in [6, 6.07) is 7.53. The summed E-state index contributed by atoms with van der Waals surface area (Å²) < 4.78 is 6.11. The van der Waals surface area contributed by atoms with Crippen LogP contribution in [0, 0.1) is 0 Å². The number of carbonyl (C=O) groups excluding carboxylic acids is 1. The first-order chi connectivity index (χ1) is 10.3. The number of hydrogen-bond acceptors (Lipinski definition) is 2. The van der Waals surface area contributed by atoms with Crippen molar-refractivity contribution in [2.75, 3.05) is 0 Å². The second-order valence-electron chi connectivity index (χ2n) is 5.74. The fourth-order valence-electron chi connectivity index (χ4n) is 2.53. The van der Waals surface area contributed by atoms with E-state index in [4.69, 9.17) is 4.74 Å². The highest BCUT2D eigenvalue weighted by molar-refractivity contribution is 5.79. The van der Waals surface area contributed by atoms with Crippen molar-refractivity contribution < 1.29 is 9.53 Å². The van der Waals surface area contributed by atoms with Crippen LogP contribution in [0.4, 0.5) is 0 Å². The van der Waals surface area contributed by atoms with E-state index in [0.717, 1.165) is 24.9 Å². The van der Waals surface area contributed by atoms with Gasteiger partial charge in [-0.15, -0.1) is 0 Å². The van der Waals surface area contributed by atoms with Crippen LogP contribution in [0.1, 0.15) is 82.0 Å². The molecule has 0 saturated heterocycles. The van der Waals surface area contributed by atoms with Crippen LogP contribution in [-0.4, -0.2) is 12.4 Å². The van der Waals surface area contributed by atoms with Gasteiger partial charge in [-0.2, -0.15) is 0 Å². The van der Waals surface area contributed by atoms with E-state index in [-0.39, 0.29) is 6.10 Å². The Balaban J connectivity index is 2.50. The van der Waals surface area contributed by atoms with Gasteiger partial charge in [0, 0.05) is 0 Å². The first kappa shape index (κ1) is 17.7. The molecule has 0 amide bonds. The summed E-state index contributed by atoms with van der Waals surface area (Å²) in [5.41, 5.74) is 0.657. The van der Waals surface area contributed by atoms with E-state index >= 15 is 0 Å². The zero-order valence-electron chi connectivity index (χ0n) is 13.6. The van der Waals surface area contributed by atoms with Crippen molar-refractivity contribution in [3.8, 4) is 5.75 Å². The molecule has 0 fully saturated rings. The zero-order chi connectivity index (χ0) is 15.3. The third-order valence-electron chi connectivity index (χ3n) is 3.85. The van der Waals surface area contributed by atoms with Gasteiger partial charge >= 0.3 is 0 Å². The summed E-state index contributed by atoms with van der Waals surface area (Å²) in [6.45, 7) is 4.45. The molecule has 0 aliphatic carbocycles. The van der Waals surface area contributed by atoms with Gasteiger partial charge in [0.25, 0.3) is 0 Å². The van der Waals surface area contributed by atoms with Gasteiger partial charge in [-0.05, 0) is 31.4 Å². The molecule has 2 nitrogen and oxygen atoms in total. The van der Waals surface area contributed by atoms with Crippen LogP contribution in [0.15, 0.2) is 24.3 Å². The van der Waals surface area contributed by atoms with Gasteiger partial charge in [-0.3, -0.25) is 4.79 Å². The third-order valence-corrected chi connectivity index (χ3v) is 3.85. The highest BCUT2D eigenvalue weighted by Gasteiger charge is 2.12. The Bertz CT molecular complexity index is 387. The lowest BCUT2D eigenvalue weighted by Gasteiger charge is -2.20. The largest absolute Gasteiger partial charge is 0.490 e. The smallest absolute Gasteiger partial charge is 0.153 e. The minimum Gasteiger partial charge on any atom is -0.490 e. The molecule has 0 aliphatic heterocycles. The van der Waals surface area contributed by atoms with Gasteiger partial charge in [0.2, 0.25) is 0 Å². The van der Waals surface area contributed by atoms with E-state index < -0.39 is 0 Å². The number of aldehydes is 1. The molecule has 0 aromatic heterocycles. The second-order valence-corrected chi connectivity index (χ2v) is 5.74. The Morgan fingerprint density at radius 2 is 1.62 bits per heavy atom. The second kappa shape index (κ2) is 11.4. The molecule has 1 rings (SSSR count). The number of benzene rings is 1. The monoisotopic (exact) mass is 290 g/mol. The quantitative estimate of drug-likeness (QED) is 0.359. The van der Waals surface area contributed by atoms with Gasteiger partial charge in [0.05, 0.1) is 11.7 Å². The summed E-state index contributed by atoms with van der Waals surface area (Å²) in [7, 11) is 0. The summed E-state index contributed by atoms with van der Waals surface area (Å²) in [4.78, 5) is 11.1. The molecule has 2 heteroatoms. The molecule has 1 aromatic carbocycles. The van der Waals surface area contributed by atoms with Crippen molar-refractivity contribution in [3.63, 3.8) is 0 Å². The molecular weight excluding hydrogens is 260 g/mol. The van der Waals surface area contributed by atoms with Crippen molar-refractivity contribution >= 4 is 6.29 Å². The fraction of sp³-hybridized carbons (Fsp3) is 0.632. The van der Waals surface area contributed by atoms with Crippen LogP contribution < -0.4 is 4.74 Å². The van der Waals surface area contributed by atoms with Crippen molar-refractivity contribution in [2.24, 2.45) is 0 Å². The fourth-order valence-corrected chi connectivity index (χ4v) is 2.53. The lowest BCUT2D eigenvalue weighted by molar-refractivity contribution is 0.111. The normalized spacial score (nSPS) is 12.1. The van der Waals surface area contributed by atoms with Crippen LogP contribution in [-0.2, 0) is 0 Å². The molecule has 1 unspecified atom stereocenters. The summed E-state index contributed by atoms with van der Waals surface area (Å²) in [5.74, 6) is 0.738. The van der Waals surface area contributed by atoms with E-state index in [1.165, 1.54) is 44.9 Å². The topological polar surface area (TPSA) is 26.3 Å². The van der Waals surface area contributed by atoms with Gasteiger partial charge < -0.3 is 4.74 Å². The minimum absolute atomic E-state index is 0.243. The van der Waals surface area contributed by atoms with Gasteiger partial charge in [0.15, 0.2) is 6.29 Å². The molecule has 0 aliphatic rings. The molecule has 21 heavy (non-hydrogen) atoms. The third kappa shape index (κ3) is 7.31. The SMILES string of the molecule is CCCCCCCC(CCCC)Oc1ccccc1C=O. The van der Waals surface area contributed by atoms with Gasteiger partial charge in [0.1, 0.15) is 5.75 Å². The van der Waals surface area contributed by atoms with Gasteiger partial charge in [-0.25, -0.2) is 0 Å². The number of para-hydroxylation sites is 1. The Hall–Kier alpha value is -1.31.